The van der Waals surface area contributed by atoms with Crippen LogP contribution in [0.2, 0.25) is 0 Å². The highest BCUT2D eigenvalue weighted by Crippen LogP contribution is 2.29. The topological polar surface area (TPSA) is 97.6 Å². The van der Waals surface area contributed by atoms with Crippen LogP contribution in [0.25, 0.3) is 5.69 Å². The Balaban J connectivity index is 1.82. The van der Waals surface area contributed by atoms with Crippen LogP contribution in [0.4, 0.5) is 0 Å². The molecule has 0 N–H and O–H groups in total. The predicted octanol–water partition coefficient (Wildman–Crippen LogP) is 2.67. The summed E-state index contributed by atoms with van der Waals surface area (Å²) in [7, 11) is 6.19. The number of Topliss-reactive ketones (excluding diaryl/α,β-unsaturated/α-hetero) is 1. The van der Waals surface area contributed by atoms with E-state index in [0.717, 1.165) is 0 Å². The number of hydrogen-bond donors (Lipinski definition) is 0. The van der Waals surface area contributed by atoms with Gasteiger partial charge in [-0.1, -0.05) is 11.8 Å². The third-order valence-electron chi connectivity index (χ3n) is 4.06. The molecule has 3 rings (SSSR count). The number of carbonyl (C=O) groups is 1. The Bertz CT molecular complexity index is 986. The van der Waals surface area contributed by atoms with E-state index in [1.54, 1.807) is 57.7 Å². The van der Waals surface area contributed by atoms with Gasteiger partial charge in [-0.3, -0.25) is 4.79 Å². The van der Waals surface area contributed by atoms with Gasteiger partial charge in [-0.15, -0.1) is 5.10 Å². The molecule has 0 bridgehead atoms. The van der Waals surface area contributed by atoms with Crippen molar-refractivity contribution in [2.45, 2.75) is 5.16 Å². The smallest absolute Gasteiger partial charge is 0.214 e. The number of benzene rings is 2. The summed E-state index contributed by atoms with van der Waals surface area (Å²) in [6.45, 7) is 0. The number of thioether (sulfide) groups is 1. The molecule has 0 aliphatic carbocycles. The summed E-state index contributed by atoms with van der Waals surface area (Å²) in [5.74, 6) is 2.24. The number of methoxy groups -OCH3 is 4. The number of tetrazole rings is 1. The highest BCUT2D eigenvalue weighted by Gasteiger charge is 2.17. The lowest BCUT2D eigenvalue weighted by molar-refractivity contribution is 0.101. The average molecular weight is 416 g/mol. The molecule has 29 heavy (non-hydrogen) atoms. The normalized spacial score (nSPS) is 10.5. The van der Waals surface area contributed by atoms with Gasteiger partial charge < -0.3 is 18.9 Å². The maximum Gasteiger partial charge on any atom is 0.214 e. The van der Waals surface area contributed by atoms with E-state index in [9.17, 15) is 4.79 Å². The van der Waals surface area contributed by atoms with Gasteiger partial charge in [0.25, 0.3) is 0 Å². The van der Waals surface area contributed by atoms with E-state index in [1.807, 2.05) is 0 Å². The molecule has 2 aromatic carbocycles. The molecule has 0 spiro atoms. The minimum Gasteiger partial charge on any atom is -0.497 e. The zero-order chi connectivity index (χ0) is 20.8. The highest BCUT2D eigenvalue weighted by atomic mass is 32.2. The number of hydrogen-bond acceptors (Lipinski definition) is 9. The molecule has 10 heteroatoms. The SMILES string of the molecule is COc1cc(OC)cc(-n2nnnc2SCC(=O)c2cc(OC)ccc2OC)c1. The summed E-state index contributed by atoms with van der Waals surface area (Å²) < 4.78 is 22.6. The Morgan fingerprint density at radius 2 is 1.62 bits per heavy atom. The first-order valence-corrected chi connectivity index (χ1v) is 9.48. The van der Waals surface area contributed by atoms with Crippen LogP contribution in [-0.4, -0.2) is 60.2 Å². The summed E-state index contributed by atoms with van der Waals surface area (Å²) in [6, 6.07) is 10.4. The van der Waals surface area contributed by atoms with E-state index in [0.29, 0.717) is 39.4 Å². The molecule has 0 aliphatic rings. The van der Waals surface area contributed by atoms with Crippen molar-refractivity contribution in [2.75, 3.05) is 34.2 Å². The molecule has 1 heterocycles. The maximum atomic E-state index is 12.8. The first-order chi connectivity index (χ1) is 14.1. The molecule has 9 nitrogen and oxygen atoms in total. The molecule has 0 radical (unpaired) electrons. The van der Waals surface area contributed by atoms with E-state index < -0.39 is 0 Å². The van der Waals surface area contributed by atoms with E-state index in [4.69, 9.17) is 18.9 Å². The fraction of sp³-hybridized carbons (Fsp3) is 0.263. The number of ketones is 1. The van der Waals surface area contributed by atoms with Gasteiger partial charge in [-0.2, -0.15) is 4.68 Å². The van der Waals surface area contributed by atoms with Crippen molar-refractivity contribution < 1.29 is 23.7 Å². The zero-order valence-corrected chi connectivity index (χ0v) is 17.2. The fourth-order valence-electron chi connectivity index (χ4n) is 2.59. The van der Waals surface area contributed by atoms with Gasteiger partial charge in [0, 0.05) is 18.2 Å². The fourth-order valence-corrected chi connectivity index (χ4v) is 3.36. The van der Waals surface area contributed by atoms with E-state index in [1.165, 1.54) is 23.6 Å². The first-order valence-electron chi connectivity index (χ1n) is 8.49. The number of aromatic nitrogens is 4. The second kappa shape index (κ2) is 9.28. The van der Waals surface area contributed by atoms with E-state index >= 15 is 0 Å². The Morgan fingerprint density at radius 3 is 2.24 bits per heavy atom. The van der Waals surface area contributed by atoms with Crippen molar-refractivity contribution >= 4 is 17.5 Å². The second-order valence-corrected chi connectivity index (χ2v) is 6.66. The second-order valence-electron chi connectivity index (χ2n) is 5.72. The Morgan fingerprint density at radius 1 is 0.931 bits per heavy atom. The summed E-state index contributed by atoms with van der Waals surface area (Å²) in [4.78, 5) is 12.8. The predicted molar refractivity (Wildman–Crippen MR) is 107 cm³/mol. The van der Waals surface area contributed by atoms with Gasteiger partial charge in [-0.05, 0) is 28.6 Å². The number of carbonyl (C=O) groups excluding carboxylic acids is 1. The van der Waals surface area contributed by atoms with E-state index in [-0.39, 0.29) is 11.5 Å². The summed E-state index contributed by atoms with van der Waals surface area (Å²) in [5.41, 5.74) is 1.08. The molecule has 0 amide bonds. The van der Waals surface area contributed by atoms with Gasteiger partial charge >= 0.3 is 0 Å². The van der Waals surface area contributed by atoms with Crippen molar-refractivity contribution in [1.82, 2.24) is 20.2 Å². The van der Waals surface area contributed by atoms with Crippen LogP contribution in [0.1, 0.15) is 10.4 Å². The standard InChI is InChI=1S/C19H20N4O5S/c1-25-13-5-6-18(28-4)16(10-13)17(24)11-29-19-20-21-22-23(19)12-7-14(26-2)9-15(8-12)27-3/h5-10H,11H2,1-4H3. The van der Waals surface area contributed by atoms with Crippen molar-refractivity contribution in [2.24, 2.45) is 0 Å². The Hall–Kier alpha value is -3.27. The largest absolute Gasteiger partial charge is 0.497 e. The van der Waals surface area contributed by atoms with Crippen LogP contribution in [0, 0.1) is 0 Å². The molecule has 0 unspecified atom stereocenters. The quantitative estimate of drug-likeness (QED) is 0.385. The minimum absolute atomic E-state index is 0.116. The van der Waals surface area contributed by atoms with Gasteiger partial charge in [0.05, 0.1) is 45.4 Å². The van der Waals surface area contributed by atoms with Gasteiger partial charge in [-0.25, -0.2) is 0 Å². The lowest BCUT2D eigenvalue weighted by Crippen LogP contribution is -2.07. The third-order valence-corrected chi connectivity index (χ3v) is 4.98. The molecule has 3 aromatic rings. The maximum absolute atomic E-state index is 12.8. The van der Waals surface area contributed by atoms with Gasteiger partial charge in [0.15, 0.2) is 5.78 Å². The van der Waals surface area contributed by atoms with Gasteiger partial charge in [0.1, 0.15) is 23.0 Å². The molecule has 152 valence electrons. The molecule has 0 atom stereocenters. The average Bonchev–Trinajstić information content (AvgIpc) is 3.25. The lowest BCUT2D eigenvalue weighted by Gasteiger charge is -2.10. The number of rotatable bonds is 9. The number of nitrogens with zero attached hydrogens (tertiary/aromatic N) is 4. The van der Waals surface area contributed by atoms with Crippen LogP contribution in [0.15, 0.2) is 41.6 Å². The third kappa shape index (κ3) is 4.60. The zero-order valence-electron chi connectivity index (χ0n) is 16.4. The monoisotopic (exact) mass is 416 g/mol. The molecule has 1 aromatic heterocycles. The lowest BCUT2D eigenvalue weighted by atomic mass is 10.1. The molecular formula is C19H20N4O5S. The van der Waals surface area contributed by atoms with E-state index in [2.05, 4.69) is 15.5 Å². The van der Waals surface area contributed by atoms with Crippen LogP contribution >= 0.6 is 11.8 Å². The molecule has 0 saturated heterocycles. The first kappa shape index (κ1) is 20.5. The van der Waals surface area contributed by atoms with Crippen molar-refractivity contribution in [3.63, 3.8) is 0 Å². The van der Waals surface area contributed by atoms with Crippen LogP contribution < -0.4 is 18.9 Å². The van der Waals surface area contributed by atoms with Crippen molar-refractivity contribution in [3.8, 4) is 28.7 Å². The summed E-state index contributed by atoms with van der Waals surface area (Å²) >= 11 is 1.21. The summed E-state index contributed by atoms with van der Waals surface area (Å²) in [5, 5.41) is 12.2. The van der Waals surface area contributed by atoms with Crippen molar-refractivity contribution in [1.29, 1.82) is 0 Å². The molecule has 0 saturated carbocycles. The Kier molecular flexibility index (Phi) is 6.55. The van der Waals surface area contributed by atoms with Crippen molar-refractivity contribution in [3.05, 3.63) is 42.0 Å². The Labute approximate surface area is 171 Å². The van der Waals surface area contributed by atoms with Crippen LogP contribution in [-0.2, 0) is 0 Å². The van der Waals surface area contributed by atoms with Crippen LogP contribution in [0.5, 0.6) is 23.0 Å². The highest BCUT2D eigenvalue weighted by molar-refractivity contribution is 7.99. The molecule has 0 fully saturated rings. The molecule has 0 aliphatic heterocycles. The number of ether oxygens (including phenoxy) is 4. The summed E-state index contributed by atoms with van der Waals surface area (Å²) in [6.07, 6.45) is 0. The minimum atomic E-state index is -0.136. The van der Waals surface area contributed by atoms with Crippen LogP contribution in [0.3, 0.4) is 0 Å². The van der Waals surface area contributed by atoms with Gasteiger partial charge in [0.2, 0.25) is 5.16 Å². The molecular weight excluding hydrogens is 396 g/mol.